The Balaban J connectivity index is 1.46. The number of benzene rings is 2. The first-order chi connectivity index (χ1) is 13.9. The summed E-state index contributed by atoms with van der Waals surface area (Å²) in [5.74, 6) is 0.965. The van der Waals surface area contributed by atoms with Crippen molar-refractivity contribution in [1.82, 2.24) is 4.98 Å². The molecule has 146 valence electrons. The highest BCUT2D eigenvalue weighted by Gasteiger charge is 2.09. The minimum atomic E-state index is -0.289. The molecular formula is C22H16Cl2N2O2S. The average Bonchev–Trinajstić information content (AvgIpc) is 3.29. The minimum absolute atomic E-state index is 0.289. The molecule has 0 atom stereocenters. The van der Waals surface area contributed by atoms with Crippen LogP contribution in [0.25, 0.3) is 27.6 Å². The van der Waals surface area contributed by atoms with Crippen LogP contribution in [-0.2, 0) is 4.79 Å². The molecule has 4 rings (SSSR count). The maximum atomic E-state index is 12.2. The lowest BCUT2D eigenvalue weighted by Gasteiger charge is -2.00. The van der Waals surface area contributed by atoms with Crippen molar-refractivity contribution in [3.8, 4) is 11.3 Å². The van der Waals surface area contributed by atoms with Gasteiger partial charge >= 0.3 is 0 Å². The fraction of sp³-hybridized carbons (Fsp3) is 0.0909. The lowest BCUT2D eigenvalue weighted by molar-refractivity contribution is -0.111. The summed E-state index contributed by atoms with van der Waals surface area (Å²) in [6, 6.07) is 13.2. The number of thiazole rings is 1. The van der Waals surface area contributed by atoms with Crippen molar-refractivity contribution in [3.05, 3.63) is 75.5 Å². The second kappa shape index (κ2) is 8.03. The third kappa shape index (κ3) is 4.37. The highest BCUT2D eigenvalue weighted by Crippen LogP contribution is 2.30. The summed E-state index contributed by atoms with van der Waals surface area (Å²) in [6.07, 6.45) is 3.03. The Morgan fingerprint density at radius 2 is 1.86 bits per heavy atom. The molecule has 0 bridgehead atoms. The molecule has 0 saturated heterocycles. The van der Waals surface area contributed by atoms with Crippen molar-refractivity contribution in [2.45, 2.75) is 13.8 Å². The fourth-order valence-electron chi connectivity index (χ4n) is 2.75. The molecule has 1 N–H and O–H groups in total. The van der Waals surface area contributed by atoms with Gasteiger partial charge in [-0.2, -0.15) is 0 Å². The van der Waals surface area contributed by atoms with E-state index in [1.165, 1.54) is 17.4 Å². The molecule has 2 heterocycles. The van der Waals surface area contributed by atoms with Crippen LogP contribution in [0.4, 0.5) is 5.13 Å². The number of nitrogens with one attached hydrogen (secondary N) is 1. The molecule has 2 aromatic carbocycles. The van der Waals surface area contributed by atoms with E-state index in [9.17, 15) is 4.79 Å². The Morgan fingerprint density at radius 1 is 1.07 bits per heavy atom. The maximum absolute atomic E-state index is 12.2. The number of anilines is 1. The molecule has 7 heteroatoms. The van der Waals surface area contributed by atoms with Gasteiger partial charge in [-0.1, -0.05) is 46.7 Å². The number of halogens is 2. The lowest BCUT2D eigenvalue weighted by atomic mass is 10.1. The zero-order valence-corrected chi connectivity index (χ0v) is 18.0. The summed E-state index contributed by atoms with van der Waals surface area (Å²) in [4.78, 5) is 16.6. The number of amides is 1. The summed E-state index contributed by atoms with van der Waals surface area (Å²) in [6.45, 7) is 3.88. The quantitative estimate of drug-likeness (QED) is 0.341. The van der Waals surface area contributed by atoms with Crippen LogP contribution in [0.5, 0.6) is 0 Å². The molecule has 2 aromatic heterocycles. The molecule has 0 aliphatic rings. The first-order valence-corrected chi connectivity index (χ1v) is 10.4. The Labute approximate surface area is 181 Å². The number of rotatable bonds is 4. The smallest absolute Gasteiger partial charge is 0.250 e. The standard InChI is InChI=1S/C22H16Cl2N2O2S/c1-12-3-4-14(10-16(12)23)19-7-5-15(28-19)6-8-21(27)26-22-25-18-11-17(24)13(2)9-20(18)29-22/h3-11H,1-2H3,(H,25,26,27)/b8-6+. The summed E-state index contributed by atoms with van der Waals surface area (Å²) >= 11 is 13.7. The third-order valence-corrected chi connectivity index (χ3v) is 6.13. The van der Waals surface area contributed by atoms with E-state index >= 15 is 0 Å². The molecule has 0 aliphatic carbocycles. The van der Waals surface area contributed by atoms with Gasteiger partial charge in [0.1, 0.15) is 11.5 Å². The molecule has 0 fully saturated rings. The molecule has 1 amide bonds. The number of furan rings is 1. The number of hydrogen-bond acceptors (Lipinski definition) is 4. The van der Waals surface area contributed by atoms with E-state index in [1.807, 2.05) is 44.2 Å². The van der Waals surface area contributed by atoms with Crippen LogP contribution in [-0.4, -0.2) is 10.9 Å². The number of fused-ring (bicyclic) bond motifs is 1. The predicted molar refractivity (Wildman–Crippen MR) is 121 cm³/mol. The highest BCUT2D eigenvalue weighted by molar-refractivity contribution is 7.22. The van der Waals surface area contributed by atoms with E-state index in [0.29, 0.717) is 26.7 Å². The van der Waals surface area contributed by atoms with Gasteiger partial charge in [0.25, 0.3) is 0 Å². The van der Waals surface area contributed by atoms with Gasteiger partial charge in [0, 0.05) is 21.7 Å². The van der Waals surface area contributed by atoms with Crippen LogP contribution in [0.3, 0.4) is 0 Å². The zero-order chi connectivity index (χ0) is 20.5. The molecular weight excluding hydrogens is 427 g/mol. The molecule has 0 radical (unpaired) electrons. The normalized spacial score (nSPS) is 11.4. The van der Waals surface area contributed by atoms with E-state index in [0.717, 1.165) is 26.9 Å². The predicted octanol–water partition coefficient (Wildman–Crippen LogP) is 7.13. The second-order valence-electron chi connectivity index (χ2n) is 6.58. The van der Waals surface area contributed by atoms with Crippen LogP contribution < -0.4 is 5.32 Å². The summed E-state index contributed by atoms with van der Waals surface area (Å²) in [5, 5.41) is 4.63. The van der Waals surface area contributed by atoms with Crippen LogP contribution in [0.1, 0.15) is 16.9 Å². The Hall–Kier alpha value is -2.60. The maximum Gasteiger partial charge on any atom is 0.250 e. The largest absolute Gasteiger partial charge is 0.457 e. The van der Waals surface area contributed by atoms with Gasteiger partial charge in [0.2, 0.25) is 5.91 Å². The highest BCUT2D eigenvalue weighted by atomic mass is 35.5. The molecule has 0 aliphatic heterocycles. The average molecular weight is 443 g/mol. The van der Waals surface area contributed by atoms with E-state index in [4.69, 9.17) is 27.6 Å². The lowest BCUT2D eigenvalue weighted by Crippen LogP contribution is -2.07. The van der Waals surface area contributed by atoms with Gasteiger partial charge in [-0.25, -0.2) is 4.98 Å². The number of carbonyl (C=O) groups is 1. The first-order valence-electron chi connectivity index (χ1n) is 8.81. The Bertz CT molecular complexity index is 1220. The number of carbonyl (C=O) groups excluding carboxylic acids is 1. The third-order valence-electron chi connectivity index (χ3n) is 4.38. The number of aromatic nitrogens is 1. The van der Waals surface area contributed by atoms with Gasteiger partial charge in [-0.05, 0) is 61.4 Å². The summed E-state index contributed by atoms with van der Waals surface area (Å²) in [7, 11) is 0. The Morgan fingerprint density at radius 3 is 2.66 bits per heavy atom. The molecule has 0 saturated carbocycles. The first kappa shape index (κ1) is 19.7. The van der Waals surface area contributed by atoms with E-state index in [1.54, 1.807) is 18.2 Å². The van der Waals surface area contributed by atoms with E-state index < -0.39 is 0 Å². The van der Waals surface area contributed by atoms with Crippen molar-refractivity contribution in [2.24, 2.45) is 0 Å². The minimum Gasteiger partial charge on any atom is -0.457 e. The summed E-state index contributed by atoms with van der Waals surface area (Å²) in [5.41, 5.74) is 3.63. The van der Waals surface area contributed by atoms with E-state index in [2.05, 4.69) is 10.3 Å². The van der Waals surface area contributed by atoms with Gasteiger partial charge in [0.15, 0.2) is 5.13 Å². The van der Waals surface area contributed by atoms with Crippen LogP contribution >= 0.6 is 34.5 Å². The summed E-state index contributed by atoms with van der Waals surface area (Å²) < 4.78 is 6.76. The molecule has 0 unspecified atom stereocenters. The topological polar surface area (TPSA) is 55.1 Å². The van der Waals surface area contributed by atoms with Gasteiger partial charge in [-0.3, -0.25) is 10.1 Å². The molecule has 4 aromatic rings. The van der Waals surface area contributed by atoms with Crippen molar-refractivity contribution >= 4 is 61.9 Å². The number of nitrogens with zero attached hydrogens (tertiary/aromatic N) is 1. The van der Waals surface area contributed by atoms with Crippen molar-refractivity contribution in [2.75, 3.05) is 5.32 Å². The monoisotopic (exact) mass is 442 g/mol. The SMILES string of the molecule is Cc1ccc(-c2ccc(/C=C/C(=O)Nc3nc4cc(Cl)c(C)cc4s3)o2)cc1Cl. The zero-order valence-electron chi connectivity index (χ0n) is 15.6. The van der Waals surface area contributed by atoms with Crippen LogP contribution in [0.2, 0.25) is 10.0 Å². The number of aryl methyl sites for hydroxylation is 2. The van der Waals surface area contributed by atoms with Crippen molar-refractivity contribution < 1.29 is 9.21 Å². The van der Waals surface area contributed by atoms with Gasteiger partial charge < -0.3 is 4.42 Å². The molecule has 0 spiro atoms. The van der Waals surface area contributed by atoms with Gasteiger partial charge in [0.05, 0.1) is 10.2 Å². The van der Waals surface area contributed by atoms with Crippen molar-refractivity contribution in [1.29, 1.82) is 0 Å². The van der Waals surface area contributed by atoms with Crippen LogP contribution in [0.15, 0.2) is 53.0 Å². The van der Waals surface area contributed by atoms with Crippen LogP contribution in [0, 0.1) is 13.8 Å². The number of hydrogen-bond donors (Lipinski definition) is 1. The second-order valence-corrected chi connectivity index (χ2v) is 8.42. The molecule has 4 nitrogen and oxygen atoms in total. The Kier molecular flexibility index (Phi) is 5.46. The van der Waals surface area contributed by atoms with Gasteiger partial charge in [-0.15, -0.1) is 0 Å². The molecule has 29 heavy (non-hydrogen) atoms. The fourth-order valence-corrected chi connectivity index (χ4v) is 4.04. The van der Waals surface area contributed by atoms with Crippen molar-refractivity contribution in [3.63, 3.8) is 0 Å². The van der Waals surface area contributed by atoms with E-state index in [-0.39, 0.29) is 5.91 Å².